The monoisotopic (exact) mass is 890 g/mol. The van der Waals surface area contributed by atoms with E-state index in [-0.39, 0.29) is 24.9 Å². The zero-order chi connectivity index (χ0) is 45.9. The second-order valence-electron chi connectivity index (χ2n) is 19.7. The Morgan fingerprint density at radius 1 is 0.444 bits per heavy atom. The molecule has 0 aromatic carbocycles. The standard InChI is InChI=1S/C57H111NO5/c1-4-7-10-13-16-19-22-25-27-29-32-35-38-41-44-47-50-57(62)63-53(48-45-42-39-36-33-30-24-21-18-15-12-9-6-3)51-56(61)58-54(52-59)55(60)49-46-43-40-37-34-31-28-26-23-20-17-14-11-8-5-2/h21,24,53-55,59-60H,4-20,22-23,25-52H2,1-3H3,(H,58,61)/b24-21-. The first kappa shape index (κ1) is 61.6. The molecule has 0 saturated carbocycles. The van der Waals surface area contributed by atoms with Gasteiger partial charge in [0.25, 0.3) is 0 Å². The number of amides is 1. The van der Waals surface area contributed by atoms with Crippen molar-refractivity contribution in [2.45, 2.75) is 334 Å². The molecule has 0 fully saturated rings. The summed E-state index contributed by atoms with van der Waals surface area (Å²) in [5.74, 6) is -0.460. The van der Waals surface area contributed by atoms with Gasteiger partial charge in [-0.05, 0) is 51.4 Å². The summed E-state index contributed by atoms with van der Waals surface area (Å²) in [6, 6.07) is -0.698. The van der Waals surface area contributed by atoms with Gasteiger partial charge in [0, 0.05) is 6.42 Å². The first-order valence-corrected chi connectivity index (χ1v) is 28.4. The number of rotatable bonds is 52. The first-order valence-electron chi connectivity index (χ1n) is 28.4. The summed E-state index contributed by atoms with van der Waals surface area (Å²) in [4.78, 5) is 26.2. The van der Waals surface area contributed by atoms with Crippen LogP contribution in [0.5, 0.6) is 0 Å². The van der Waals surface area contributed by atoms with E-state index in [1.807, 2.05) is 0 Å². The molecule has 0 aromatic heterocycles. The summed E-state index contributed by atoms with van der Waals surface area (Å²) in [7, 11) is 0. The quantitative estimate of drug-likeness (QED) is 0.0321. The summed E-state index contributed by atoms with van der Waals surface area (Å²) in [6.45, 7) is 6.51. The highest BCUT2D eigenvalue weighted by Gasteiger charge is 2.24. The predicted molar refractivity (Wildman–Crippen MR) is 273 cm³/mol. The van der Waals surface area contributed by atoms with Gasteiger partial charge in [-0.25, -0.2) is 0 Å². The second-order valence-corrected chi connectivity index (χ2v) is 19.7. The van der Waals surface area contributed by atoms with Crippen molar-refractivity contribution in [1.82, 2.24) is 5.32 Å². The molecule has 0 aliphatic heterocycles. The van der Waals surface area contributed by atoms with Crippen molar-refractivity contribution in [3.8, 4) is 0 Å². The maximum Gasteiger partial charge on any atom is 0.306 e. The number of unbranched alkanes of at least 4 members (excludes halogenated alkanes) is 38. The van der Waals surface area contributed by atoms with E-state index in [9.17, 15) is 19.8 Å². The Balaban J connectivity index is 4.49. The molecule has 0 aliphatic carbocycles. The molecule has 6 nitrogen and oxygen atoms in total. The number of hydrogen-bond donors (Lipinski definition) is 3. The minimum Gasteiger partial charge on any atom is -0.462 e. The van der Waals surface area contributed by atoms with Crippen molar-refractivity contribution < 1.29 is 24.5 Å². The summed E-state index contributed by atoms with van der Waals surface area (Å²) < 4.78 is 5.95. The van der Waals surface area contributed by atoms with E-state index in [1.165, 1.54) is 212 Å². The molecule has 0 saturated heterocycles. The molecule has 63 heavy (non-hydrogen) atoms. The lowest BCUT2D eigenvalue weighted by Crippen LogP contribution is -2.46. The van der Waals surface area contributed by atoms with E-state index in [4.69, 9.17) is 4.74 Å². The van der Waals surface area contributed by atoms with Crippen LogP contribution in [0.15, 0.2) is 12.2 Å². The highest BCUT2D eigenvalue weighted by molar-refractivity contribution is 5.77. The molecule has 0 spiro atoms. The van der Waals surface area contributed by atoms with E-state index >= 15 is 0 Å². The van der Waals surface area contributed by atoms with Crippen LogP contribution < -0.4 is 5.32 Å². The molecule has 0 heterocycles. The van der Waals surface area contributed by atoms with Crippen LogP contribution >= 0.6 is 0 Å². The first-order chi connectivity index (χ1) is 31.0. The van der Waals surface area contributed by atoms with Gasteiger partial charge in [-0.2, -0.15) is 0 Å². The van der Waals surface area contributed by atoms with Crippen molar-refractivity contribution in [2.24, 2.45) is 0 Å². The molecule has 0 rings (SSSR count). The number of aliphatic hydroxyl groups excluding tert-OH is 2. The van der Waals surface area contributed by atoms with Gasteiger partial charge >= 0.3 is 5.97 Å². The van der Waals surface area contributed by atoms with Gasteiger partial charge in [0.2, 0.25) is 5.91 Å². The van der Waals surface area contributed by atoms with Gasteiger partial charge in [0.05, 0.1) is 25.2 Å². The number of ether oxygens (including phenoxy) is 1. The largest absolute Gasteiger partial charge is 0.462 e. The van der Waals surface area contributed by atoms with E-state index in [2.05, 4.69) is 38.2 Å². The third-order valence-corrected chi connectivity index (χ3v) is 13.3. The van der Waals surface area contributed by atoms with Gasteiger partial charge in [0.15, 0.2) is 0 Å². The van der Waals surface area contributed by atoms with E-state index in [0.29, 0.717) is 19.3 Å². The van der Waals surface area contributed by atoms with Crippen LogP contribution in [0.25, 0.3) is 0 Å². The van der Waals surface area contributed by atoms with Gasteiger partial charge in [-0.15, -0.1) is 0 Å². The molecule has 0 aromatic rings. The van der Waals surface area contributed by atoms with E-state index in [1.54, 1.807) is 0 Å². The molecular formula is C57H111NO5. The zero-order valence-corrected chi connectivity index (χ0v) is 42.7. The Hall–Kier alpha value is -1.40. The lowest BCUT2D eigenvalue weighted by atomic mass is 10.0. The highest BCUT2D eigenvalue weighted by Crippen LogP contribution is 2.19. The van der Waals surface area contributed by atoms with Gasteiger partial charge in [-0.3, -0.25) is 9.59 Å². The van der Waals surface area contributed by atoms with Crippen LogP contribution in [0.4, 0.5) is 0 Å². The maximum atomic E-state index is 13.2. The molecular weight excluding hydrogens is 779 g/mol. The van der Waals surface area contributed by atoms with Crippen LogP contribution in [0.1, 0.15) is 316 Å². The fourth-order valence-corrected chi connectivity index (χ4v) is 9.02. The van der Waals surface area contributed by atoms with Crippen molar-refractivity contribution in [3.05, 3.63) is 12.2 Å². The fourth-order valence-electron chi connectivity index (χ4n) is 9.02. The number of aliphatic hydroxyl groups is 2. The van der Waals surface area contributed by atoms with Crippen molar-refractivity contribution >= 4 is 11.9 Å². The molecule has 1 amide bonds. The Kier molecular flexibility index (Phi) is 50.4. The molecule has 3 N–H and O–H groups in total. The second kappa shape index (κ2) is 51.6. The van der Waals surface area contributed by atoms with Crippen molar-refractivity contribution in [2.75, 3.05) is 6.61 Å². The number of carbonyl (C=O) groups is 2. The minimum atomic E-state index is -0.785. The topological polar surface area (TPSA) is 95.9 Å². The normalized spacial score (nSPS) is 13.2. The molecule has 374 valence electrons. The Labute approximate surface area is 393 Å². The smallest absolute Gasteiger partial charge is 0.306 e. The van der Waals surface area contributed by atoms with Crippen LogP contribution in [0.3, 0.4) is 0 Å². The Bertz CT molecular complexity index is 955. The van der Waals surface area contributed by atoms with Crippen LogP contribution in [0.2, 0.25) is 0 Å². The molecule has 0 radical (unpaired) electrons. The zero-order valence-electron chi connectivity index (χ0n) is 42.7. The fraction of sp³-hybridized carbons (Fsp3) is 0.930. The minimum absolute atomic E-state index is 0.0793. The van der Waals surface area contributed by atoms with Crippen LogP contribution in [-0.4, -0.2) is 46.9 Å². The SMILES string of the molecule is CCCCCC/C=C\CCCCCCCC(CC(=O)NC(CO)C(O)CCCCCCCCCCCCCCCCC)OC(=O)CCCCCCCCCCCCCCCCCC. The third kappa shape index (κ3) is 46.9. The Morgan fingerprint density at radius 2 is 0.762 bits per heavy atom. The average molecular weight is 891 g/mol. The van der Waals surface area contributed by atoms with Crippen molar-refractivity contribution in [3.63, 3.8) is 0 Å². The summed E-state index contributed by atoms with van der Waals surface area (Å²) in [5.41, 5.74) is 0. The van der Waals surface area contributed by atoms with Gasteiger partial charge in [-0.1, -0.05) is 264 Å². The predicted octanol–water partition coefficient (Wildman–Crippen LogP) is 17.3. The molecule has 0 aliphatic rings. The average Bonchev–Trinajstić information content (AvgIpc) is 3.28. The lowest BCUT2D eigenvalue weighted by Gasteiger charge is -2.24. The van der Waals surface area contributed by atoms with E-state index < -0.39 is 18.2 Å². The lowest BCUT2D eigenvalue weighted by molar-refractivity contribution is -0.151. The summed E-state index contributed by atoms with van der Waals surface area (Å²) in [6.07, 6.45) is 58.4. The number of nitrogens with one attached hydrogen (secondary N) is 1. The van der Waals surface area contributed by atoms with Crippen molar-refractivity contribution in [1.29, 1.82) is 0 Å². The van der Waals surface area contributed by atoms with Crippen LogP contribution in [-0.2, 0) is 14.3 Å². The number of carbonyl (C=O) groups excluding carboxylic acids is 2. The van der Waals surface area contributed by atoms with Gasteiger partial charge < -0.3 is 20.3 Å². The molecule has 3 atom stereocenters. The number of allylic oxidation sites excluding steroid dienone is 2. The molecule has 6 heteroatoms. The number of esters is 1. The highest BCUT2D eigenvalue weighted by atomic mass is 16.5. The molecule has 0 bridgehead atoms. The third-order valence-electron chi connectivity index (χ3n) is 13.3. The number of hydrogen-bond acceptors (Lipinski definition) is 5. The summed E-state index contributed by atoms with van der Waals surface area (Å²) >= 11 is 0. The maximum absolute atomic E-state index is 13.2. The molecule has 3 unspecified atom stereocenters. The van der Waals surface area contributed by atoms with Gasteiger partial charge in [0.1, 0.15) is 6.10 Å². The summed E-state index contributed by atoms with van der Waals surface area (Å²) in [5, 5.41) is 23.9. The Morgan fingerprint density at radius 3 is 1.14 bits per heavy atom. The van der Waals surface area contributed by atoms with E-state index in [0.717, 1.165) is 57.8 Å². The van der Waals surface area contributed by atoms with Crippen LogP contribution in [0, 0.1) is 0 Å².